The Hall–Kier alpha value is -3.05. The first kappa shape index (κ1) is 17.1. The van der Waals surface area contributed by atoms with E-state index >= 15 is 0 Å². The molecule has 0 fully saturated rings. The molecule has 0 spiro atoms. The molecule has 0 saturated heterocycles. The van der Waals surface area contributed by atoms with E-state index in [-0.39, 0.29) is 0 Å². The molecule has 0 N–H and O–H groups in total. The molecule has 0 aliphatic carbocycles. The number of benzene rings is 3. The molecule has 0 aromatic heterocycles. The second-order valence-electron chi connectivity index (χ2n) is 7.32. The van der Waals surface area contributed by atoms with Crippen molar-refractivity contribution in [3.63, 3.8) is 0 Å². The van der Waals surface area contributed by atoms with E-state index < -0.39 is 9.84 Å². The molecule has 4 nitrogen and oxygen atoms in total. The minimum Gasteiger partial charge on any atom is -0.355 e. The number of fused-ring (bicyclic) bond motifs is 3. The number of rotatable bonds is 2. The van der Waals surface area contributed by atoms with Crippen LogP contribution in [0.15, 0.2) is 82.7 Å². The van der Waals surface area contributed by atoms with Crippen molar-refractivity contribution in [3.05, 3.63) is 84.1 Å². The zero-order valence-corrected chi connectivity index (χ0v) is 16.6. The predicted octanol–water partition coefficient (Wildman–Crippen LogP) is 4.52. The lowest BCUT2D eigenvalue weighted by Crippen LogP contribution is -2.23. The third-order valence-electron chi connectivity index (χ3n) is 5.51. The Morgan fingerprint density at radius 1 is 0.857 bits per heavy atom. The molecule has 140 valence electrons. The van der Waals surface area contributed by atoms with Crippen molar-refractivity contribution in [3.8, 4) is 11.1 Å². The van der Waals surface area contributed by atoms with Crippen LogP contribution in [0.1, 0.15) is 11.1 Å². The smallest absolute Gasteiger partial charge is 0.207 e. The summed E-state index contributed by atoms with van der Waals surface area (Å²) in [6, 6.07) is 21.2. The number of para-hydroxylation sites is 1. The Balaban J connectivity index is 1.60. The number of hydrogen-bond donors (Lipinski definition) is 0. The molecule has 0 bridgehead atoms. The third-order valence-corrected chi connectivity index (χ3v) is 7.36. The maximum atomic E-state index is 13.0. The van der Waals surface area contributed by atoms with Gasteiger partial charge in [-0.2, -0.15) is 0 Å². The summed E-state index contributed by atoms with van der Waals surface area (Å²) < 4.78 is 26.0. The average Bonchev–Trinajstić information content (AvgIpc) is 3.18. The Morgan fingerprint density at radius 2 is 1.57 bits per heavy atom. The van der Waals surface area contributed by atoms with Crippen molar-refractivity contribution in [1.29, 1.82) is 0 Å². The molecule has 0 unspecified atom stereocenters. The fourth-order valence-electron chi connectivity index (χ4n) is 4.09. The molecule has 2 aliphatic heterocycles. The van der Waals surface area contributed by atoms with E-state index in [1.54, 1.807) is 12.1 Å². The lowest BCUT2D eigenvalue weighted by molar-refractivity contribution is 0.516. The van der Waals surface area contributed by atoms with Gasteiger partial charge in [0, 0.05) is 35.6 Å². The molecule has 28 heavy (non-hydrogen) atoms. The number of aryl methyl sites for hydroxylation is 1. The molecule has 0 saturated carbocycles. The third kappa shape index (κ3) is 2.39. The lowest BCUT2D eigenvalue weighted by Gasteiger charge is -2.21. The predicted molar refractivity (Wildman–Crippen MR) is 112 cm³/mol. The highest BCUT2D eigenvalue weighted by Gasteiger charge is 2.33. The van der Waals surface area contributed by atoms with Crippen LogP contribution in [0.5, 0.6) is 0 Å². The summed E-state index contributed by atoms with van der Waals surface area (Å²) in [5.41, 5.74) is 5.87. The van der Waals surface area contributed by atoms with Gasteiger partial charge in [0.15, 0.2) is 0 Å². The molecule has 0 amide bonds. The molecule has 0 atom stereocenters. The molecule has 3 aromatic rings. The van der Waals surface area contributed by atoms with Gasteiger partial charge in [-0.3, -0.25) is 0 Å². The molecule has 2 heterocycles. The van der Waals surface area contributed by atoms with Gasteiger partial charge < -0.3 is 9.80 Å². The van der Waals surface area contributed by atoms with Gasteiger partial charge in [0.2, 0.25) is 9.84 Å². The SMILES string of the molecule is Cc1ccccc1N1C=C(c2ccc3c(c2)S(=O)(=O)c2ccccc2-3)N(C)C1. The largest absolute Gasteiger partial charge is 0.355 e. The van der Waals surface area contributed by atoms with Crippen LogP contribution < -0.4 is 4.90 Å². The zero-order valence-electron chi connectivity index (χ0n) is 15.8. The highest BCUT2D eigenvalue weighted by molar-refractivity contribution is 7.92. The van der Waals surface area contributed by atoms with E-state index in [4.69, 9.17) is 0 Å². The van der Waals surface area contributed by atoms with E-state index in [1.165, 1.54) is 5.56 Å². The number of sulfone groups is 1. The molecule has 3 aromatic carbocycles. The van der Waals surface area contributed by atoms with Crippen molar-refractivity contribution >= 4 is 21.2 Å². The number of nitrogens with zero attached hydrogens (tertiary/aromatic N) is 2. The minimum atomic E-state index is -3.47. The maximum absolute atomic E-state index is 13.0. The fraction of sp³-hybridized carbons (Fsp3) is 0.130. The molecular weight excluding hydrogens is 368 g/mol. The van der Waals surface area contributed by atoms with E-state index in [0.717, 1.165) is 34.7 Å². The molecule has 5 heteroatoms. The number of anilines is 1. The number of hydrogen-bond acceptors (Lipinski definition) is 4. The van der Waals surface area contributed by atoms with Crippen LogP contribution in [0.25, 0.3) is 16.8 Å². The Labute approximate surface area is 165 Å². The van der Waals surface area contributed by atoms with Crippen LogP contribution in [0.3, 0.4) is 0 Å². The summed E-state index contributed by atoms with van der Waals surface area (Å²) in [6.07, 6.45) is 2.10. The van der Waals surface area contributed by atoms with Crippen LogP contribution in [-0.2, 0) is 9.84 Å². The molecule has 5 rings (SSSR count). The van der Waals surface area contributed by atoms with Crippen molar-refractivity contribution in [2.24, 2.45) is 0 Å². The second-order valence-corrected chi connectivity index (χ2v) is 9.21. The van der Waals surface area contributed by atoms with Crippen molar-refractivity contribution in [1.82, 2.24) is 4.90 Å². The molecular formula is C23H20N2O2S. The van der Waals surface area contributed by atoms with Gasteiger partial charge in [0.05, 0.1) is 22.2 Å². The highest BCUT2D eigenvalue weighted by atomic mass is 32.2. The van der Waals surface area contributed by atoms with Gasteiger partial charge in [0.1, 0.15) is 0 Å². The van der Waals surface area contributed by atoms with Gasteiger partial charge in [0.25, 0.3) is 0 Å². The minimum absolute atomic E-state index is 0.398. The van der Waals surface area contributed by atoms with E-state index in [9.17, 15) is 8.42 Å². The first-order chi connectivity index (χ1) is 13.5. The van der Waals surface area contributed by atoms with Gasteiger partial charge >= 0.3 is 0 Å². The summed E-state index contributed by atoms with van der Waals surface area (Å²) in [5.74, 6) is 0. The second kappa shape index (κ2) is 5.97. The molecule has 0 radical (unpaired) electrons. The van der Waals surface area contributed by atoms with Gasteiger partial charge in [-0.15, -0.1) is 0 Å². The first-order valence-electron chi connectivity index (χ1n) is 9.21. The van der Waals surface area contributed by atoms with Crippen LogP contribution in [0.2, 0.25) is 0 Å². The first-order valence-corrected chi connectivity index (χ1v) is 10.7. The zero-order chi connectivity index (χ0) is 19.5. The Kier molecular flexibility index (Phi) is 3.64. The van der Waals surface area contributed by atoms with Crippen LogP contribution in [0, 0.1) is 6.92 Å². The summed E-state index contributed by atoms with van der Waals surface area (Å²) in [7, 11) is -1.44. The van der Waals surface area contributed by atoms with Crippen LogP contribution >= 0.6 is 0 Å². The summed E-state index contributed by atoms with van der Waals surface area (Å²) in [4.78, 5) is 5.14. The lowest BCUT2D eigenvalue weighted by atomic mass is 10.0. The summed E-state index contributed by atoms with van der Waals surface area (Å²) >= 11 is 0. The van der Waals surface area contributed by atoms with Gasteiger partial charge in [-0.25, -0.2) is 8.42 Å². The standard InChI is InChI=1S/C23H20N2O2S/c1-16-7-3-5-9-20(16)25-14-21(24(2)15-25)17-11-12-19-18-8-4-6-10-22(18)28(26,27)23(19)13-17/h3-14H,15H2,1-2H3. The monoisotopic (exact) mass is 388 g/mol. The quantitative estimate of drug-likeness (QED) is 0.506. The molecule has 2 aliphatic rings. The van der Waals surface area contributed by atoms with Gasteiger partial charge in [-0.05, 0) is 30.7 Å². The van der Waals surface area contributed by atoms with E-state index in [2.05, 4.69) is 35.1 Å². The van der Waals surface area contributed by atoms with Crippen molar-refractivity contribution in [2.45, 2.75) is 16.7 Å². The maximum Gasteiger partial charge on any atom is 0.207 e. The highest BCUT2D eigenvalue weighted by Crippen LogP contribution is 2.44. The summed E-state index contributed by atoms with van der Waals surface area (Å²) in [6.45, 7) is 2.82. The summed E-state index contributed by atoms with van der Waals surface area (Å²) in [5, 5.41) is 0. The fourth-order valence-corrected chi connectivity index (χ4v) is 5.80. The topological polar surface area (TPSA) is 40.6 Å². The van der Waals surface area contributed by atoms with Crippen LogP contribution in [-0.4, -0.2) is 27.0 Å². The van der Waals surface area contributed by atoms with Crippen molar-refractivity contribution in [2.75, 3.05) is 18.6 Å². The van der Waals surface area contributed by atoms with Crippen LogP contribution in [0.4, 0.5) is 5.69 Å². The van der Waals surface area contributed by atoms with Crippen molar-refractivity contribution < 1.29 is 8.42 Å². The Morgan fingerprint density at radius 3 is 2.39 bits per heavy atom. The van der Waals surface area contributed by atoms with E-state index in [0.29, 0.717) is 9.79 Å². The van der Waals surface area contributed by atoms with Gasteiger partial charge in [-0.1, -0.05) is 48.5 Å². The Bertz CT molecular complexity index is 1240. The van der Waals surface area contributed by atoms with E-state index in [1.807, 2.05) is 49.5 Å². The average molecular weight is 388 g/mol. The normalized spacial score (nSPS) is 16.7.